The van der Waals surface area contributed by atoms with E-state index in [-0.39, 0.29) is 22.2 Å². The van der Waals surface area contributed by atoms with Crippen LogP contribution in [0.15, 0.2) is 17.9 Å². The molecule has 1 N–H and O–H groups in total. The van der Waals surface area contributed by atoms with Crippen LogP contribution in [0.5, 0.6) is 0 Å². The second-order valence-electron chi connectivity index (χ2n) is 4.51. The number of hydrogen-bond acceptors (Lipinski definition) is 3. The Labute approximate surface area is 162 Å². The Morgan fingerprint density at radius 1 is 0.909 bits per heavy atom. The van der Waals surface area contributed by atoms with E-state index >= 15 is 0 Å². The fourth-order valence-corrected chi connectivity index (χ4v) is 4.24. The van der Waals surface area contributed by atoms with Gasteiger partial charge in [0.25, 0.3) is 0 Å². The molecule has 0 saturated carbocycles. The standard InChI is InChI=1S/C14H14Br4O4/c1-2-3-4-5-6-22-14(21)8-7(13(19)20)9(15)11(17)12(18)10(8)16/h2-6H2,1H3,(H,19,20). The summed E-state index contributed by atoms with van der Waals surface area (Å²) in [5.41, 5.74) is -0.148. The molecule has 0 aliphatic carbocycles. The van der Waals surface area contributed by atoms with E-state index in [1.807, 2.05) is 0 Å². The van der Waals surface area contributed by atoms with Gasteiger partial charge in [0.05, 0.1) is 17.7 Å². The Morgan fingerprint density at radius 3 is 1.95 bits per heavy atom. The van der Waals surface area contributed by atoms with Gasteiger partial charge in [-0.15, -0.1) is 0 Å². The minimum atomic E-state index is -1.21. The van der Waals surface area contributed by atoms with E-state index in [9.17, 15) is 14.7 Å². The largest absolute Gasteiger partial charge is 0.478 e. The summed E-state index contributed by atoms with van der Waals surface area (Å²) in [5.74, 6) is -1.87. The normalized spacial score (nSPS) is 10.6. The maximum atomic E-state index is 12.3. The van der Waals surface area contributed by atoms with Gasteiger partial charge in [0.15, 0.2) is 0 Å². The van der Waals surface area contributed by atoms with Crippen LogP contribution in [0.3, 0.4) is 0 Å². The number of ether oxygens (including phenoxy) is 1. The van der Waals surface area contributed by atoms with Crippen molar-refractivity contribution in [3.8, 4) is 0 Å². The maximum absolute atomic E-state index is 12.3. The predicted molar refractivity (Wildman–Crippen MR) is 98.6 cm³/mol. The van der Waals surface area contributed by atoms with Gasteiger partial charge in [0.1, 0.15) is 0 Å². The third-order valence-corrected chi connectivity index (χ3v) is 7.68. The minimum Gasteiger partial charge on any atom is -0.478 e. The van der Waals surface area contributed by atoms with Crippen LogP contribution in [0.1, 0.15) is 53.3 Å². The molecular formula is C14H14Br4O4. The number of rotatable bonds is 7. The number of carbonyl (C=O) groups is 2. The Hall–Kier alpha value is 0.0800. The molecule has 0 heterocycles. The lowest BCUT2D eigenvalue weighted by Gasteiger charge is -2.14. The van der Waals surface area contributed by atoms with Crippen LogP contribution in [-0.2, 0) is 4.74 Å². The molecule has 0 aliphatic heterocycles. The van der Waals surface area contributed by atoms with E-state index < -0.39 is 11.9 Å². The number of carbonyl (C=O) groups excluding carboxylic acids is 1. The molecule has 0 amide bonds. The van der Waals surface area contributed by atoms with Crippen LogP contribution < -0.4 is 0 Å². The van der Waals surface area contributed by atoms with Gasteiger partial charge in [0.2, 0.25) is 0 Å². The molecular weight excluding hydrogens is 552 g/mol. The van der Waals surface area contributed by atoms with Gasteiger partial charge >= 0.3 is 11.9 Å². The Kier molecular flexibility index (Phi) is 8.59. The maximum Gasteiger partial charge on any atom is 0.340 e. The quantitative estimate of drug-likeness (QED) is 0.186. The van der Waals surface area contributed by atoms with E-state index in [0.717, 1.165) is 25.7 Å². The van der Waals surface area contributed by atoms with Crippen LogP contribution in [0.25, 0.3) is 0 Å². The van der Waals surface area contributed by atoms with Crippen molar-refractivity contribution in [2.24, 2.45) is 0 Å². The second-order valence-corrected chi connectivity index (χ2v) is 7.68. The molecule has 0 aromatic heterocycles. The number of carboxylic acid groups (broad SMARTS) is 1. The summed E-state index contributed by atoms with van der Waals surface area (Å²) in [4.78, 5) is 23.7. The highest BCUT2D eigenvalue weighted by atomic mass is 79.9. The Balaban J connectivity index is 3.07. The highest BCUT2D eigenvalue weighted by Crippen LogP contribution is 2.42. The highest BCUT2D eigenvalue weighted by molar-refractivity contribution is 9.15. The first-order valence-corrected chi connectivity index (χ1v) is 9.76. The molecule has 0 aliphatic rings. The van der Waals surface area contributed by atoms with E-state index in [4.69, 9.17) is 4.74 Å². The summed E-state index contributed by atoms with van der Waals surface area (Å²) in [7, 11) is 0. The topological polar surface area (TPSA) is 63.6 Å². The van der Waals surface area contributed by atoms with Gasteiger partial charge < -0.3 is 9.84 Å². The number of carboxylic acids is 1. The number of aromatic carboxylic acids is 1. The van der Waals surface area contributed by atoms with Crippen LogP contribution in [-0.4, -0.2) is 23.7 Å². The molecule has 1 aromatic rings. The van der Waals surface area contributed by atoms with Crippen molar-refractivity contribution in [2.45, 2.75) is 32.6 Å². The molecule has 0 saturated heterocycles. The Bertz CT molecular complexity index is 587. The molecule has 22 heavy (non-hydrogen) atoms. The second kappa shape index (κ2) is 9.39. The van der Waals surface area contributed by atoms with Gasteiger partial charge in [-0.2, -0.15) is 0 Å². The monoisotopic (exact) mass is 562 g/mol. The zero-order valence-electron chi connectivity index (χ0n) is 11.7. The van der Waals surface area contributed by atoms with Crippen molar-refractivity contribution in [1.29, 1.82) is 0 Å². The van der Waals surface area contributed by atoms with Gasteiger partial charge in [-0.1, -0.05) is 26.2 Å². The molecule has 0 spiro atoms. The number of hydrogen-bond donors (Lipinski definition) is 1. The van der Waals surface area contributed by atoms with Crippen molar-refractivity contribution in [1.82, 2.24) is 0 Å². The summed E-state index contributed by atoms with van der Waals surface area (Å²) in [6.07, 6.45) is 3.91. The lowest BCUT2D eigenvalue weighted by atomic mass is 10.1. The van der Waals surface area contributed by atoms with Crippen molar-refractivity contribution in [3.63, 3.8) is 0 Å². The zero-order valence-corrected chi connectivity index (χ0v) is 18.1. The molecule has 0 radical (unpaired) electrons. The first kappa shape index (κ1) is 20.1. The van der Waals surface area contributed by atoms with E-state index in [2.05, 4.69) is 70.6 Å². The summed E-state index contributed by atoms with van der Waals surface area (Å²) in [6, 6.07) is 0. The summed E-state index contributed by atoms with van der Waals surface area (Å²) < 4.78 is 6.89. The SMILES string of the molecule is CCCCCCOC(=O)c1c(Br)c(Br)c(Br)c(Br)c1C(=O)O. The van der Waals surface area contributed by atoms with Gasteiger partial charge in [0, 0.05) is 17.9 Å². The zero-order chi connectivity index (χ0) is 16.9. The van der Waals surface area contributed by atoms with E-state index in [1.54, 1.807) is 0 Å². The smallest absolute Gasteiger partial charge is 0.340 e. The molecule has 0 fully saturated rings. The van der Waals surface area contributed by atoms with Gasteiger partial charge in [-0.3, -0.25) is 0 Å². The summed E-state index contributed by atoms with van der Waals surface area (Å²) >= 11 is 13.0. The molecule has 0 bridgehead atoms. The first-order valence-electron chi connectivity index (χ1n) is 6.59. The van der Waals surface area contributed by atoms with Gasteiger partial charge in [-0.05, 0) is 70.1 Å². The third-order valence-electron chi connectivity index (χ3n) is 2.92. The molecule has 1 rings (SSSR count). The average Bonchev–Trinajstić information content (AvgIpc) is 2.47. The molecule has 0 atom stereocenters. The first-order chi connectivity index (χ1) is 10.3. The fraction of sp³-hybridized carbons (Fsp3) is 0.429. The minimum absolute atomic E-state index is 0.00931. The van der Waals surface area contributed by atoms with Crippen molar-refractivity contribution in [3.05, 3.63) is 29.0 Å². The molecule has 1 aromatic carbocycles. The summed E-state index contributed by atoms with van der Waals surface area (Å²) in [6.45, 7) is 2.37. The molecule has 0 unspecified atom stereocenters. The molecule has 8 heteroatoms. The van der Waals surface area contributed by atoms with Crippen molar-refractivity contribution in [2.75, 3.05) is 6.61 Å². The Morgan fingerprint density at radius 2 is 1.45 bits per heavy atom. The van der Waals surface area contributed by atoms with Crippen molar-refractivity contribution >= 4 is 75.7 Å². The summed E-state index contributed by atoms with van der Waals surface area (Å²) in [5, 5.41) is 9.38. The number of benzene rings is 1. The number of esters is 1. The number of unbranched alkanes of at least 4 members (excludes halogenated alkanes) is 3. The lowest BCUT2D eigenvalue weighted by Crippen LogP contribution is -2.15. The average molecular weight is 566 g/mol. The van der Waals surface area contributed by atoms with Crippen LogP contribution >= 0.6 is 63.7 Å². The molecule has 4 nitrogen and oxygen atoms in total. The van der Waals surface area contributed by atoms with E-state index in [1.165, 1.54) is 0 Å². The predicted octanol–water partition coefficient (Wildman–Crippen LogP) is 6.17. The van der Waals surface area contributed by atoms with E-state index in [0.29, 0.717) is 13.4 Å². The molecule has 122 valence electrons. The van der Waals surface area contributed by atoms with Crippen LogP contribution in [0.2, 0.25) is 0 Å². The highest BCUT2D eigenvalue weighted by Gasteiger charge is 2.28. The number of halogens is 4. The van der Waals surface area contributed by atoms with Crippen LogP contribution in [0, 0.1) is 0 Å². The van der Waals surface area contributed by atoms with Crippen LogP contribution in [0.4, 0.5) is 0 Å². The van der Waals surface area contributed by atoms with Gasteiger partial charge in [-0.25, -0.2) is 9.59 Å². The van der Waals surface area contributed by atoms with Crippen molar-refractivity contribution < 1.29 is 19.4 Å². The fourth-order valence-electron chi connectivity index (χ4n) is 1.79. The third kappa shape index (κ3) is 4.79. The lowest BCUT2D eigenvalue weighted by molar-refractivity contribution is 0.0486.